The normalized spacial score (nSPS) is 12.6. The Kier molecular flexibility index (Phi) is 12.0. The Morgan fingerprint density at radius 3 is 1.45 bits per heavy atom. The molecule has 1 N–H and O–H groups in total. The maximum Gasteiger partial charge on any atom is 0.419 e. The van der Waals surface area contributed by atoms with E-state index in [2.05, 4.69) is 41.4 Å². The summed E-state index contributed by atoms with van der Waals surface area (Å²) in [5.41, 5.74) is 0.520. The fourth-order valence-electron chi connectivity index (χ4n) is 5.65. The molecule has 51 heavy (non-hydrogen) atoms. The molecule has 0 spiro atoms. The monoisotopic (exact) mass is 693 g/mol. The summed E-state index contributed by atoms with van der Waals surface area (Å²) >= 11 is 0. The Labute approximate surface area is 302 Å². The number of esters is 1. The van der Waals surface area contributed by atoms with Crippen molar-refractivity contribution in [1.29, 1.82) is 0 Å². The van der Waals surface area contributed by atoms with E-state index in [4.69, 9.17) is 19.2 Å². The van der Waals surface area contributed by atoms with Crippen LogP contribution in [0.5, 0.6) is 0 Å². The standard InChI is InChI=1S/C42H51N3O6/c1-39(2,3)49-35(46)33(27-19-20-28-45(37(47)50-40(4,5)6)38(48)51-41(7,8)9)34-29-43-36(44-34)42(30-21-13-10-14-22-30,31-23-15-11-16-24-31)32-25-17-12-18-26-32/h10-18,21-27,29H,19-20,28H2,1-9H3,(H,43,44)/b33-27-. The molecule has 0 unspecified atom stereocenters. The molecule has 0 radical (unpaired) electrons. The molecule has 0 atom stereocenters. The number of unbranched alkanes of at least 4 members (excludes halogenated alkanes) is 1. The van der Waals surface area contributed by atoms with Crippen molar-refractivity contribution in [1.82, 2.24) is 14.9 Å². The summed E-state index contributed by atoms with van der Waals surface area (Å²) in [6.07, 6.45) is 2.46. The van der Waals surface area contributed by atoms with Crippen LogP contribution < -0.4 is 0 Å². The predicted molar refractivity (Wildman–Crippen MR) is 199 cm³/mol. The van der Waals surface area contributed by atoms with Crippen LogP contribution in [0, 0.1) is 0 Å². The number of H-pyrrole nitrogens is 1. The number of benzene rings is 3. The van der Waals surface area contributed by atoms with Crippen molar-refractivity contribution in [2.75, 3.05) is 6.54 Å². The minimum atomic E-state index is -0.845. The Morgan fingerprint density at radius 1 is 0.647 bits per heavy atom. The van der Waals surface area contributed by atoms with Gasteiger partial charge in [0.15, 0.2) is 0 Å². The fraction of sp³-hybridized carbons (Fsp3) is 0.381. The molecule has 1 heterocycles. The van der Waals surface area contributed by atoms with Crippen LogP contribution in [-0.2, 0) is 24.4 Å². The molecule has 0 aliphatic rings. The van der Waals surface area contributed by atoms with Crippen LogP contribution in [0.4, 0.5) is 9.59 Å². The molecule has 0 aliphatic carbocycles. The number of imidazole rings is 1. The van der Waals surface area contributed by atoms with Crippen LogP contribution in [0.2, 0.25) is 0 Å². The van der Waals surface area contributed by atoms with Crippen LogP contribution in [0.1, 0.15) is 103 Å². The highest BCUT2D eigenvalue weighted by molar-refractivity contribution is 6.15. The van der Waals surface area contributed by atoms with Gasteiger partial charge >= 0.3 is 18.2 Å². The van der Waals surface area contributed by atoms with Crippen LogP contribution >= 0.6 is 0 Å². The molecule has 9 nitrogen and oxygen atoms in total. The highest BCUT2D eigenvalue weighted by Crippen LogP contribution is 2.44. The third-order valence-corrected chi connectivity index (χ3v) is 7.62. The van der Waals surface area contributed by atoms with Gasteiger partial charge in [-0.05, 0) is 91.8 Å². The number of aromatic amines is 1. The molecule has 9 heteroatoms. The minimum absolute atomic E-state index is 0.00921. The lowest BCUT2D eigenvalue weighted by atomic mass is 9.69. The molecular formula is C42H51N3O6. The highest BCUT2D eigenvalue weighted by atomic mass is 16.6. The number of rotatable bonds is 10. The van der Waals surface area contributed by atoms with E-state index in [9.17, 15) is 14.4 Å². The van der Waals surface area contributed by atoms with E-state index in [-0.39, 0.29) is 12.1 Å². The molecule has 4 aromatic rings. The number of allylic oxidation sites excluding steroid dienone is 1. The Hall–Kier alpha value is -5.18. The lowest BCUT2D eigenvalue weighted by molar-refractivity contribution is -0.147. The number of nitrogens with zero attached hydrogens (tertiary/aromatic N) is 2. The van der Waals surface area contributed by atoms with Crippen molar-refractivity contribution in [3.8, 4) is 0 Å². The lowest BCUT2D eigenvalue weighted by Gasteiger charge is -2.34. The number of carbonyl (C=O) groups is 3. The first kappa shape index (κ1) is 38.6. The number of imide groups is 1. The lowest BCUT2D eigenvalue weighted by Crippen LogP contribution is -2.44. The summed E-state index contributed by atoms with van der Waals surface area (Å²) in [5.74, 6) is 0.0927. The third-order valence-electron chi connectivity index (χ3n) is 7.62. The number of hydrogen-bond acceptors (Lipinski definition) is 7. The molecule has 2 amide bonds. The van der Waals surface area contributed by atoms with Gasteiger partial charge < -0.3 is 19.2 Å². The van der Waals surface area contributed by atoms with E-state index in [1.165, 1.54) is 0 Å². The first-order valence-electron chi connectivity index (χ1n) is 17.3. The fourth-order valence-corrected chi connectivity index (χ4v) is 5.65. The summed E-state index contributed by atoms with van der Waals surface area (Å²) in [5, 5.41) is 0. The molecule has 0 bridgehead atoms. The number of amides is 2. The zero-order valence-corrected chi connectivity index (χ0v) is 31.3. The average molecular weight is 694 g/mol. The van der Waals surface area contributed by atoms with Crippen LogP contribution in [0.15, 0.2) is 103 Å². The van der Waals surface area contributed by atoms with E-state index < -0.39 is 40.4 Å². The number of hydrogen-bond donors (Lipinski definition) is 1. The largest absolute Gasteiger partial charge is 0.456 e. The molecule has 0 saturated heterocycles. The van der Waals surface area contributed by atoms with Gasteiger partial charge in [0, 0.05) is 6.54 Å². The summed E-state index contributed by atoms with van der Waals surface area (Å²) < 4.78 is 16.9. The van der Waals surface area contributed by atoms with Crippen LogP contribution in [0.3, 0.4) is 0 Å². The maximum atomic E-state index is 13.8. The molecule has 0 saturated carbocycles. The second-order valence-electron chi connectivity index (χ2n) is 15.4. The van der Waals surface area contributed by atoms with Gasteiger partial charge in [0.25, 0.3) is 0 Å². The van der Waals surface area contributed by atoms with Crippen molar-refractivity contribution in [3.05, 3.63) is 131 Å². The molecule has 1 aromatic heterocycles. The predicted octanol–water partition coefficient (Wildman–Crippen LogP) is 9.47. The second-order valence-corrected chi connectivity index (χ2v) is 15.4. The molecule has 4 rings (SSSR count). The molecule has 270 valence electrons. The summed E-state index contributed by atoms with van der Waals surface area (Å²) in [7, 11) is 0. The van der Waals surface area contributed by atoms with Gasteiger partial charge in [-0.3, -0.25) is 0 Å². The van der Waals surface area contributed by atoms with Crippen LogP contribution in [0.25, 0.3) is 5.57 Å². The molecular weight excluding hydrogens is 642 g/mol. The zero-order valence-electron chi connectivity index (χ0n) is 31.3. The summed E-state index contributed by atoms with van der Waals surface area (Å²) in [6, 6.07) is 30.4. The Morgan fingerprint density at radius 2 is 1.06 bits per heavy atom. The number of nitrogens with one attached hydrogen (secondary N) is 1. The van der Waals surface area contributed by atoms with Gasteiger partial charge in [-0.25, -0.2) is 24.3 Å². The summed E-state index contributed by atoms with van der Waals surface area (Å²) in [6.45, 7) is 15.8. The number of ether oxygens (including phenoxy) is 3. The SMILES string of the molecule is CC(C)(C)OC(=O)/C(=C\CCCN(C(=O)OC(C)(C)C)C(=O)OC(C)(C)C)c1cnc(C(c2ccccc2)(c2ccccc2)c2ccccc2)[nH]1. The first-order valence-corrected chi connectivity index (χ1v) is 17.3. The first-order chi connectivity index (χ1) is 23.9. The van der Waals surface area contributed by atoms with Gasteiger partial charge in [0.05, 0.1) is 17.5 Å². The van der Waals surface area contributed by atoms with Crippen LogP contribution in [-0.4, -0.2) is 56.4 Å². The van der Waals surface area contributed by atoms with Crippen molar-refractivity contribution in [2.45, 2.75) is 97.4 Å². The number of aromatic nitrogens is 2. The maximum absolute atomic E-state index is 13.8. The highest BCUT2D eigenvalue weighted by Gasteiger charge is 2.41. The average Bonchev–Trinajstić information content (AvgIpc) is 3.52. The topological polar surface area (TPSA) is 111 Å². The molecule has 0 aliphatic heterocycles. The van der Waals surface area contributed by atoms with Crippen molar-refractivity contribution in [3.63, 3.8) is 0 Å². The van der Waals surface area contributed by atoms with Gasteiger partial charge in [-0.1, -0.05) is 97.1 Å². The number of carbonyl (C=O) groups excluding carboxylic acids is 3. The minimum Gasteiger partial charge on any atom is -0.456 e. The molecule has 0 fully saturated rings. The molecule has 3 aromatic carbocycles. The summed E-state index contributed by atoms with van der Waals surface area (Å²) in [4.78, 5) is 49.3. The van der Waals surface area contributed by atoms with E-state index in [0.717, 1.165) is 21.6 Å². The van der Waals surface area contributed by atoms with Gasteiger partial charge in [-0.15, -0.1) is 0 Å². The zero-order chi connectivity index (χ0) is 37.5. The van der Waals surface area contributed by atoms with Crippen molar-refractivity contribution in [2.24, 2.45) is 0 Å². The second kappa shape index (κ2) is 15.8. The smallest absolute Gasteiger partial charge is 0.419 e. The third kappa shape index (κ3) is 10.2. The van der Waals surface area contributed by atoms with Crippen molar-refractivity contribution >= 4 is 23.7 Å². The van der Waals surface area contributed by atoms with E-state index in [1.807, 2.05) is 75.4 Å². The Bertz CT molecular complexity index is 1670. The quantitative estimate of drug-likeness (QED) is 0.0579. The Balaban J connectivity index is 1.76. The van der Waals surface area contributed by atoms with Crippen molar-refractivity contribution < 1.29 is 28.6 Å². The van der Waals surface area contributed by atoms with Gasteiger partial charge in [0.2, 0.25) is 0 Å². The van der Waals surface area contributed by atoms with Gasteiger partial charge in [0.1, 0.15) is 28.0 Å². The van der Waals surface area contributed by atoms with E-state index in [1.54, 1.807) is 53.8 Å². The van der Waals surface area contributed by atoms with Gasteiger partial charge in [-0.2, -0.15) is 0 Å². The van der Waals surface area contributed by atoms with E-state index >= 15 is 0 Å². The van der Waals surface area contributed by atoms with E-state index in [0.29, 0.717) is 24.4 Å².